The van der Waals surface area contributed by atoms with E-state index < -0.39 is 0 Å². The van der Waals surface area contributed by atoms with Crippen LogP contribution in [0.3, 0.4) is 0 Å². The molecular formula is C12H18BrNO. The molecule has 1 atom stereocenters. The Kier molecular flexibility index (Phi) is 3.87. The van der Waals surface area contributed by atoms with Crippen molar-refractivity contribution >= 4 is 15.9 Å². The van der Waals surface area contributed by atoms with Gasteiger partial charge in [-0.15, -0.1) is 0 Å². The molecule has 1 aromatic rings. The molecule has 0 aliphatic heterocycles. The van der Waals surface area contributed by atoms with Crippen LogP contribution in [0.1, 0.15) is 43.7 Å². The van der Waals surface area contributed by atoms with Crippen LogP contribution in [0, 0.1) is 5.92 Å². The average Bonchev–Trinajstić information content (AvgIpc) is 2.68. The van der Waals surface area contributed by atoms with E-state index >= 15 is 0 Å². The second-order valence-electron chi connectivity index (χ2n) is 4.31. The average molecular weight is 272 g/mol. The van der Waals surface area contributed by atoms with Crippen LogP contribution in [0.5, 0.6) is 0 Å². The van der Waals surface area contributed by atoms with Crippen molar-refractivity contribution in [1.29, 1.82) is 0 Å². The van der Waals surface area contributed by atoms with Gasteiger partial charge >= 0.3 is 0 Å². The van der Waals surface area contributed by atoms with E-state index in [2.05, 4.69) is 27.3 Å². The Hall–Kier alpha value is -0.280. The summed E-state index contributed by atoms with van der Waals surface area (Å²) in [6, 6.07) is 2.51. The summed E-state index contributed by atoms with van der Waals surface area (Å²) in [6.45, 7) is 0. The highest BCUT2D eigenvalue weighted by molar-refractivity contribution is 9.10. The lowest BCUT2D eigenvalue weighted by atomic mass is 9.82. The number of rotatable bonds is 3. The molecule has 0 saturated heterocycles. The van der Waals surface area contributed by atoms with Gasteiger partial charge in [0.15, 0.2) is 4.67 Å². The van der Waals surface area contributed by atoms with E-state index in [9.17, 15) is 0 Å². The Labute approximate surface area is 99.6 Å². The molecule has 15 heavy (non-hydrogen) atoms. The predicted molar refractivity (Wildman–Crippen MR) is 64.8 cm³/mol. The van der Waals surface area contributed by atoms with Crippen LogP contribution in [0.15, 0.2) is 21.4 Å². The number of hydrogen-bond acceptors (Lipinski definition) is 2. The third-order valence-corrected chi connectivity index (χ3v) is 4.06. The van der Waals surface area contributed by atoms with Gasteiger partial charge in [-0.05, 0) is 47.8 Å². The Morgan fingerprint density at radius 2 is 2.13 bits per heavy atom. The maximum atomic E-state index is 5.31. The van der Waals surface area contributed by atoms with E-state index in [1.807, 2.05) is 7.05 Å². The van der Waals surface area contributed by atoms with E-state index in [0.29, 0.717) is 6.04 Å². The van der Waals surface area contributed by atoms with Gasteiger partial charge in [0.05, 0.1) is 6.26 Å². The van der Waals surface area contributed by atoms with Crippen molar-refractivity contribution in [3.8, 4) is 0 Å². The Balaban J connectivity index is 2.12. The SMILES string of the molecule is CNC(c1ccoc1Br)C1CCCCC1. The van der Waals surface area contributed by atoms with Crippen LogP contribution >= 0.6 is 15.9 Å². The number of furan rings is 1. The highest BCUT2D eigenvalue weighted by Gasteiger charge is 2.26. The first kappa shape index (κ1) is 11.2. The highest BCUT2D eigenvalue weighted by atomic mass is 79.9. The van der Waals surface area contributed by atoms with Crippen LogP contribution in [0.2, 0.25) is 0 Å². The lowest BCUT2D eigenvalue weighted by molar-refractivity contribution is 0.279. The fraction of sp³-hybridized carbons (Fsp3) is 0.667. The van der Waals surface area contributed by atoms with E-state index in [1.165, 1.54) is 37.7 Å². The largest absolute Gasteiger partial charge is 0.457 e. The fourth-order valence-corrected chi connectivity index (χ4v) is 3.13. The molecule has 1 unspecified atom stereocenters. The van der Waals surface area contributed by atoms with Gasteiger partial charge in [0.2, 0.25) is 0 Å². The van der Waals surface area contributed by atoms with Gasteiger partial charge in [-0.25, -0.2) is 0 Å². The molecule has 0 bridgehead atoms. The van der Waals surface area contributed by atoms with Gasteiger partial charge in [0, 0.05) is 11.6 Å². The molecule has 1 heterocycles. The van der Waals surface area contributed by atoms with Crippen LogP contribution in [-0.4, -0.2) is 7.05 Å². The van der Waals surface area contributed by atoms with Gasteiger partial charge in [-0.3, -0.25) is 0 Å². The third kappa shape index (κ3) is 2.45. The minimum absolute atomic E-state index is 0.443. The Bertz CT molecular complexity index is 304. The van der Waals surface area contributed by atoms with E-state index in [4.69, 9.17) is 4.42 Å². The zero-order valence-electron chi connectivity index (χ0n) is 9.13. The van der Waals surface area contributed by atoms with Crippen LogP contribution in [-0.2, 0) is 0 Å². The molecule has 1 N–H and O–H groups in total. The molecule has 1 aliphatic carbocycles. The monoisotopic (exact) mass is 271 g/mol. The maximum Gasteiger partial charge on any atom is 0.173 e. The first-order chi connectivity index (χ1) is 7.33. The summed E-state index contributed by atoms with van der Waals surface area (Å²) in [7, 11) is 2.04. The lowest BCUT2D eigenvalue weighted by Crippen LogP contribution is -2.26. The summed E-state index contributed by atoms with van der Waals surface area (Å²) in [6.07, 6.45) is 8.58. The van der Waals surface area contributed by atoms with Gasteiger partial charge in [-0.2, -0.15) is 0 Å². The topological polar surface area (TPSA) is 25.2 Å². The zero-order chi connectivity index (χ0) is 10.7. The maximum absolute atomic E-state index is 5.31. The molecule has 3 heteroatoms. The first-order valence-electron chi connectivity index (χ1n) is 5.73. The third-order valence-electron chi connectivity index (χ3n) is 3.41. The summed E-state index contributed by atoms with van der Waals surface area (Å²) >= 11 is 3.47. The summed E-state index contributed by atoms with van der Waals surface area (Å²) < 4.78 is 6.20. The summed E-state index contributed by atoms with van der Waals surface area (Å²) in [5.74, 6) is 0.762. The molecule has 0 amide bonds. The van der Waals surface area contributed by atoms with Crippen molar-refractivity contribution in [3.63, 3.8) is 0 Å². The smallest absolute Gasteiger partial charge is 0.173 e. The first-order valence-corrected chi connectivity index (χ1v) is 6.52. The molecule has 84 valence electrons. The molecular weight excluding hydrogens is 254 g/mol. The van der Waals surface area contributed by atoms with Crippen LogP contribution < -0.4 is 5.32 Å². The number of halogens is 1. The minimum Gasteiger partial charge on any atom is -0.457 e. The molecule has 1 aromatic heterocycles. The van der Waals surface area contributed by atoms with Gasteiger partial charge in [-0.1, -0.05) is 19.3 Å². The Morgan fingerprint density at radius 1 is 1.40 bits per heavy atom. The normalized spacial score (nSPS) is 20.4. The summed E-state index contributed by atoms with van der Waals surface area (Å²) in [4.78, 5) is 0. The summed E-state index contributed by atoms with van der Waals surface area (Å²) in [5.41, 5.74) is 1.27. The zero-order valence-corrected chi connectivity index (χ0v) is 10.7. The standard InChI is InChI=1S/C12H18BrNO/c1-14-11(9-5-3-2-4-6-9)10-7-8-15-12(10)13/h7-9,11,14H,2-6H2,1H3. The highest BCUT2D eigenvalue weighted by Crippen LogP contribution is 2.37. The van der Waals surface area contributed by atoms with Gasteiger partial charge in [0.1, 0.15) is 0 Å². The lowest BCUT2D eigenvalue weighted by Gasteiger charge is -2.29. The molecule has 0 radical (unpaired) electrons. The molecule has 2 rings (SSSR count). The van der Waals surface area contributed by atoms with Gasteiger partial charge in [0.25, 0.3) is 0 Å². The van der Waals surface area contributed by atoms with Gasteiger partial charge < -0.3 is 9.73 Å². The van der Waals surface area contributed by atoms with Crippen molar-refractivity contribution in [3.05, 3.63) is 22.6 Å². The molecule has 1 saturated carbocycles. The molecule has 2 nitrogen and oxygen atoms in total. The quantitative estimate of drug-likeness (QED) is 0.903. The van der Waals surface area contributed by atoms with E-state index in [1.54, 1.807) is 6.26 Å². The fourth-order valence-electron chi connectivity index (χ4n) is 2.64. The van der Waals surface area contributed by atoms with E-state index in [0.717, 1.165) is 10.6 Å². The molecule has 1 aliphatic rings. The summed E-state index contributed by atoms with van der Waals surface area (Å²) in [5, 5.41) is 3.42. The van der Waals surface area contributed by atoms with Crippen molar-refractivity contribution in [2.24, 2.45) is 5.92 Å². The molecule has 0 spiro atoms. The number of nitrogens with one attached hydrogen (secondary N) is 1. The second kappa shape index (κ2) is 5.17. The van der Waals surface area contributed by atoms with Crippen molar-refractivity contribution in [2.45, 2.75) is 38.1 Å². The van der Waals surface area contributed by atoms with Crippen molar-refractivity contribution < 1.29 is 4.42 Å². The van der Waals surface area contributed by atoms with Crippen molar-refractivity contribution in [2.75, 3.05) is 7.05 Å². The van der Waals surface area contributed by atoms with Crippen LogP contribution in [0.4, 0.5) is 0 Å². The van der Waals surface area contributed by atoms with E-state index in [-0.39, 0.29) is 0 Å². The van der Waals surface area contributed by atoms with Crippen molar-refractivity contribution in [1.82, 2.24) is 5.32 Å². The van der Waals surface area contributed by atoms with Crippen LogP contribution in [0.25, 0.3) is 0 Å². The Morgan fingerprint density at radius 3 is 2.67 bits per heavy atom. The molecule has 1 fully saturated rings. The minimum atomic E-state index is 0.443. The molecule has 0 aromatic carbocycles. The number of hydrogen-bond donors (Lipinski definition) is 1. The second-order valence-corrected chi connectivity index (χ2v) is 5.03. The predicted octanol–water partition coefficient (Wildman–Crippen LogP) is 3.88.